The Morgan fingerprint density at radius 3 is 1.98 bits per heavy atom. The Balaban J connectivity index is 1.52. The molecule has 276 valence electrons. The number of imidazole rings is 1. The largest absolute Gasteiger partial charge is 0.494 e. The molecule has 12 heteroatoms. The predicted molar refractivity (Wildman–Crippen MR) is 213 cm³/mol. The summed E-state index contributed by atoms with van der Waals surface area (Å²) in [6, 6.07) is 39.4. The molecule has 1 atom stereocenters. The lowest BCUT2D eigenvalue weighted by molar-refractivity contribution is 0.184. The Morgan fingerprint density at radius 2 is 1.45 bits per heavy atom. The minimum atomic E-state index is -1.69. The van der Waals surface area contributed by atoms with Gasteiger partial charge in [0.2, 0.25) is 0 Å². The van der Waals surface area contributed by atoms with Gasteiger partial charge in [0.05, 0.1) is 7.11 Å². The molecule has 2 heterocycles. The molecule has 55 heavy (non-hydrogen) atoms. The van der Waals surface area contributed by atoms with Gasteiger partial charge in [-0.3, -0.25) is 0 Å². The fourth-order valence-electron chi connectivity index (χ4n) is 7.17. The molecular weight excluding hydrogens is 765 g/mol. The van der Waals surface area contributed by atoms with E-state index in [-0.39, 0.29) is 27.4 Å². The van der Waals surface area contributed by atoms with Crippen LogP contribution in [0.3, 0.4) is 0 Å². The first-order chi connectivity index (χ1) is 26.7. The maximum atomic E-state index is 16.8. The first-order valence-corrected chi connectivity index (χ1v) is 18.2. The number of pyridine rings is 1. The van der Waals surface area contributed by atoms with Crippen LogP contribution in [0.15, 0.2) is 144 Å². The smallest absolute Gasteiger partial charge is 0.422 e. The first kappa shape index (κ1) is 36.8. The summed E-state index contributed by atoms with van der Waals surface area (Å²) >= 11 is 3.69. The molecule has 5 aromatic carbocycles. The minimum Gasteiger partial charge on any atom is -0.494 e. The van der Waals surface area contributed by atoms with Crippen LogP contribution in [0.25, 0.3) is 10.8 Å². The van der Waals surface area contributed by atoms with E-state index in [2.05, 4.69) is 67.2 Å². The highest BCUT2D eigenvalue weighted by Crippen LogP contribution is 2.45. The van der Waals surface area contributed by atoms with Crippen LogP contribution < -0.4 is 15.0 Å². The molecule has 0 saturated heterocycles. The van der Waals surface area contributed by atoms with E-state index in [9.17, 15) is 19.8 Å². The predicted octanol–water partition coefficient (Wildman–Crippen LogP) is 10.1. The van der Waals surface area contributed by atoms with Gasteiger partial charge in [-0.25, -0.2) is 23.9 Å². The molecule has 0 aliphatic heterocycles. The third kappa shape index (κ3) is 6.76. The third-order valence-corrected chi connectivity index (χ3v) is 10.00. The van der Waals surface area contributed by atoms with Crippen LogP contribution in [0.4, 0.5) is 25.5 Å². The number of fused-ring (bicyclic) bond motifs is 1. The van der Waals surface area contributed by atoms with Gasteiger partial charge in [0.1, 0.15) is 22.0 Å². The highest BCUT2D eigenvalue weighted by molar-refractivity contribution is 9.10. The van der Waals surface area contributed by atoms with E-state index in [1.165, 1.54) is 13.3 Å². The number of halogens is 2. The quantitative estimate of drug-likeness (QED) is 0.110. The summed E-state index contributed by atoms with van der Waals surface area (Å²) in [6.07, 6.45) is 0.467. The number of rotatable bonds is 11. The van der Waals surface area contributed by atoms with E-state index in [0.717, 1.165) is 22.3 Å². The SMILES string of the molecule is CCc1cc(OC)c(F)c(C(Nc2ccc3c(N(C(=O)O)C(=O)O)nccc3c2)c2nc(Br)cn2C(c2ccccc2)(c2ccccc2)c2ccccc2)c1. The van der Waals surface area contributed by atoms with E-state index in [0.29, 0.717) is 27.9 Å². The van der Waals surface area contributed by atoms with Gasteiger partial charge in [-0.1, -0.05) is 104 Å². The van der Waals surface area contributed by atoms with Crippen molar-refractivity contribution >= 4 is 50.4 Å². The lowest BCUT2D eigenvalue weighted by Gasteiger charge is -2.39. The molecule has 7 aromatic rings. The van der Waals surface area contributed by atoms with Gasteiger partial charge in [-0.05, 0) is 80.3 Å². The van der Waals surface area contributed by atoms with Crippen molar-refractivity contribution in [1.82, 2.24) is 14.5 Å². The summed E-state index contributed by atoms with van der Waals surface area (Å²) in [5.74, 6) is -0.296. The van der Waals surface area contributed by atoms with Gasteiger partial charge < -0.3 is 24.8 Å². The number of imide groups is 1. The van der Waals surface area contributed by atoms with Gasteiger partial charge in [0, 0.05) is 29.0 Å². The van der Waals surface area contributed by atoms with Crippen LogP contribution in [0.5, 0.6) is 5.75 Å². The standard InChI is InChI=1S/C43H35BrFN5O5/c1-3-27-23-34(37(45)35(24-27)55-2)38(47-32-19-20-33-28(25-32)21-22-46-39(33)50(41(51)52)42(53)54)40-48-36(44)26-49(40)43(29-13-7-4-8-14-29,30-15-9-5-10-16-30)31-17-11-6-12-18-31/h4-26,38,47H,3H2,1-2H3,(H,51,52)(H,53,54). The lowest BCUT2D eigenvalue weighted by atomic mass is 9.76. The number of aromatic nitrogens is 3. The van der Waals surface area contributed by atoms with E-state index < -0.39 is 29.6 Å². The molecule has 0 bridgehead atoms. The molecule has 0 radical (unpaired) electrons. The number of ether oxygens (including phenoxy) is 1. The maximum Gasteiger partial charge on any atom is 0.422 e. The molecule has 0 fully saturated rings. The van der Waals surface area contributed by atoms with E-state index in [1.807, 2.05) is 67.7 Å². The molecule has 10 nitrogen and oxygen atoms in total. The molecule has 2 amide bonds. The van der Waals surface area contributed by atoms with Crippen LogP contribution in [0, 0.1) is 5.82 Å². The monoisotopic (exact) mass is 799 g/mol. The van der Waals surface area contributed by atoms with Crippen molar-refractivity contribution in [2.24, 2.45) is 0 Å². The number of benzene rings is 5. The average Bonchev–Trinajstić information content (AvgIpc) is 3.59. The lowest BCUT2D eigenvalue weighted by Crippen LogP contribution is -2.39. The second-order valence-corrected chi connectivity index (χ2v) is 13.5. The van der Waals surface area contributed by atoms with Crippen LogP contribution in [-0.2, 0) is 12.0 Å². The van der Waals surface area contributed by atoms with Crippen molar-refractivity contribution in [3.05, 3.63) is 184 Å². The summed E-state index contributed by atoms with van der Waals surface area (Å²) in [5.41, 5.74) is 3.43. The fourth-order valence-corrected chi connectivity index (χ4v) is 7.56. The maximum absolute atomic E-state index is 16.8. The Kier molecular flexibility index (Phi) is 10.3. The van der Waals surface area contributed by atoms with Crippen molar-refractivity contribution in [2.45, 2.75) is 24.9 Å². The van der Waals surface area contributed by atoms with Crippen molar-refractivity contribution in [3.8, 4) is 5.75 Å². The van der Waals surface area contributed by atoms with Crippen LogP contribution in [0.1, 0.15) is 46.6 Å². The topological polar surface area (TPSA) is 130 Å². The Bertz CT molecular complexity index is 2390. The zero-order valence-corrected chi connectivity index (χ0v) is 31.3. The normalized spacial score (nSPS) is 11.9. The van der Waals surface area contributed by atoms with Gasteiger partial charge in [0.25, 0.3) is 0 Å². The van der Waals surface area contributed by atoms with Crippen LogP contribution in [-0.4, -0.2) is 44.0 Å². The number of nitrogens with zero attached hydrogens (tertiary/aromatic N) is 4. The molecule has 0 spiro atoms. The second kappa shape index (κ2) is 15.4. The zero-order valence-electron chi connectivity index (χ0n) is 29.7. The van der Waals surface area contributed by atoms with Gasteiger partial charge >= 0.3 is 12.2 Å². The number of carbonyl (C=O) groups is 2. The summed E-state index contributed by atoms with van der Waals surface area (Å²) in [7, 11) is 1.43. The number of anilines is 2. The molecule has 0 aliphatic rings. The van der Waals surface area contributed by atoms with E-state index in [1.54, 1.807) is 36.4 Å². The third-order valence-electron chi connectivity index (χ3n) is 9.61. The Morgan fingerprint density at radius 1 is 0.873 bits per heavy atom. The molecule has 2 aromatic heterocycles. The second-order valence-electron chi connectivity index (χ2n) is 12.7. The number of carboxylic acid groups (broad SMARTS) is 2. The summed E-state index contributed by atoms with van der Waals surface area (Å²) < 4.78 is 25.0. The Labute approximate surface area is 324 Å². The number of amides is 2. The van der Waals surface area contributed by atoms with Crippen molar-refractivity contribution in [3.63, 3.8) is 0 Å². The highest BCUT2D eigenvalue weighted by atomic mass is 79.9. The average molecular weight is 801 g/mol. The van der Waals surface area contributed by atoms with Crippen LogP contribution in [0.2, 0.25) is 0 Å². The minimum absolute atomic E-state index is 0.0791. The zero-order chi connectivity index (χ0) is 38.7. The number of aryl methyl sites for hydroxylation is 1. The summed E-state index contributed by atoms with van der Waals surface area (Å²) in [6.45, 7) is 1.98. The molecule has 1 unspecified atom stereocenters. The fraction of sp³-hybridized carbons (Fsp3) is 0.116. The van der Waals surface area contributed by atoms with E-state index in [4.69, 9.17) is 9.72 Å². The molecule has 3 N–H and O–H groups in total. The van der Waals surface area contributed by atoms with E-state index >= 15 is 4.39 Å². The summed E-state index contributed by atoms with van der Waals surface area (Å²) in [5, 5.41) is 23.7. The highest BCUT2D eigenvalue weighted by Gasteiger charge is 2.42. The van der Waals surface area contributed by atoms with Gasteiger partial charge in [0.15, 0.2) is 17.4 Å². The Hall–Kier alpha value is -6.53. The number of nitrogens with one attached hydrogen (secondary N) is 1. The number of methoxy groups -OCH3 is 1. The first-order valence-electron chi connectivity index (χ1n) is 17.4. The molecule has 7 rings (SSSR count). The molecular formula is C43H35BrFN5O5. The van der Waals surface area contributed by atoms with Gasteiger partial charge in [-0.2, -0.15) is 4.90 Å². The molecule has 0 saturated carbocycles. The van der Waals surface area contributed by atoms with Gasteiger partial charge in [-0.15, -0.1) is 0 Å². The summed E-state index contributed by atoms with van der Waals surface area (Å²) in [4.78, 5) is 33.1. The van der Waals surface area contributed by atoms with Crippen molar-refractivity contribution in [1.29, 1.82) is 0 Å². The van der Waals surface area contributed by atoms with Crippen molar-refractivity contribution in [2.75, 3.05) is 17.3 Å². The number of hydrogen-bond acceptors (Lipinski definition) is 6. The van der Waals surface area contributed by atoms with Crippen molar-refractivity contribution < 1.29 is 28.9 Å². The van der Waals surface area contributed by atoms with Crippen LogP contribution >= 0.6 is 15.9 Å². The molecule has 0 aliphatic carbocycles. The number of hydrogen-bond donors (Lipinski definition) is 3.